The lowest BCUT2D eigenvalue weighted by molar-refractivity contribution is -0.108. The molecule has 2 heterocycles. The van der Waals surface area contributed by atoms with E-state index >= 15 is 0 Å². The maximum absolute atomic E-state index is 6.11. The van der Waals surface area contributed by atoms with E-state index in [9.17, 15) is 0 Å². The fraction of sp³-hybridized carbons (Fsp3) is 0.625. The second kappa shape index (κ2) is 5.40. The van der Waals surface area contributed by atoms with E-state index in [1.807, 2.05) is 6.07 Å². The minimum Gasteiger partial charge on any atom is -0.399 e. The summed E-state index contributed by atoms with van der Waals surface area (Å²) < 4.78 is 23.0. The topological polar surface area (TPSA) is 36.9 Å². The molecule has 0 amide bonds. The number of hydrogen-bond donors (Lipinski definition) is 0. The van der Waals surface area contributed by atoms with Crippen LogP contribution in [0, 0.1) is 0 Å². The highest BCUT2D eigenvalue weighted by Crippen LogP contribution is 2.36. The van der Waals surface area contributed by atoms with Gasteiger partial charge < -0.3 is 18.8 Å². The summed E-state index contributed by atoms with van der Waals surface area (Å²) in [5.74, 6) is 0.279. The molecule has 0 atom stereocenters. The van der Waals surface area contributed by atoms with E-state index in [2.05, 4.69) is 45.9 Å². The van der Waals surface area contributed by atoms with Crippen molar-refractivity contribution in [3.63, 3.8) is 0 Å². The molecule has 1 aromatic carbocycles. The highest BCUT2D eigenvalue weighted by molar-refractivity contribution is 6.62. The molecule has 2 fully saturated rings. The zero-order chi connectivity index (χ0) is 15.1. The van der Waals surface area contributed by atoms with E-state index in [-0.39, 0.29) is 24.2 Å². The summed E-state index contributed by atoms with van der Waals surface area (Å²) in [7, 11) is -0.319. The zero-order valence-electron chi connectivity index (χ0n) is 13.2. The van der Waals surface area contributed by atoms with E-state index in [1.54, 1.807) is 0 Å². The Labute approximate surface area is 126 Å². The first kappa shape index (κ1) is 15.0. The number of benzene rings is 1. The maximum atomic E-state index is 6.11. The number of rotatable bonds is 2. The lowest BCUT2D eigenvalue weighted by Crippen LogP contribution is -2.41. The van der Waals surface area contributed by atoms with Crippen LogP contribution >= 0.6 is 0 Å². The van der Waals surface area contributed by atoms with Gasteiger partial charge in [-0.25, -0.2) is 0 Å². The van der Waals surface area contributed by atoms with Gasteiger partial charge in [-0.05, 0) is 38.7 Å². The highest BCUT2D eigenvalue weighted by Gasteiger charge is 2.51. The second-order valence-electron chi connectivity index (χ2n) is 6.81. The first-order chi connectivity index (χ1) is 9.89. The van der Waals surface area contributed by atoms with Crippen LogP contribution in [0.5, 0.6) is 0 Å². The fourth-order valence-corrected chi connectivity index (χ4v) is 2.62. The van der Waals surface area contributed by atoms with Crippen LogP contribution in [0.2, 0.25) is 0 Å². The molecule has 2 aliphatic heterocycles. The molecule has 5 heteroatoms. The Morgan fingerprint density at radius 2 is 1.62 bits per heavy atom. The quantitative estimate of drug-likeness (QED) is 0.781. The number of ether oxygens (including phenoxy) is 2. The third-order valence-corrected chi connectivity index (χ3v) is 4.71. The Morgan fingerprint density at radius 1 is 1.00 bits per heavy atom. The van der Waals surface area contributed by atoms with Crippen molar-refractivity contribution < 1.29 is 18.8 Å². The molecule has 2 saturated heterocycles. The van der Waals surface area contributed by atoms with Crippen molar-refractivity contribution in [2.75, 3.05) is 20.0 Å². The first-order valence-electron chi connectivity index (χ1n) is 7.50. The van der Waals surface area contributed by atoms with E-state index in [0.717, 1.165) is 5.46 Å². The summed E-state index contributed by atoms with van der Waals surface area (Å²) in [6, 6.07) is 8.35. The summed E-state index contributed by atoms with van der Waals surface area (Å²) in [4.78, 5) is 0. The summed E-state index contributed by atoms with van der Waals surface area (Å²) in [6.45, 7) is 10.1. The van der Waals surface area contributed by atoms with Crippen LogP contribution in [0.3, 0.4) is 0 Å². The molecule has 0 bridgehead atoms. The Kier molecular flexibility index (Phi) is 3.86. The monoisotopic (exact) mass is 290 g/mol. The van der Waals surface area contributed by atoms with E-state index in [0.29, 0.717) is 20.0 Å². The SMILES string of the molecule is CC1(C)OB(c2cccc(C3COCOC3)c2)OC1(C)C. The average Bonchev–Trinajstić information content (AvgIpc) is 2.69. The van der Waals surface area contributed by atoms with Crippen LogP contribution in [0.4, 0.5) is 0 Å². The Bertz CT molecular complexity index is 493. The molecule has 3 rings (SSSR count). The Morgan fingerprint density at radius 3 is 2.24 bits per heavy atom. The van der Waals surface area contributed by atoms with Crippen molar-refractivity contribution >= 4 is 12.6 Å². The molecule has 1 aromatic rings. The van der Waals surface area contributed by atoms with Gasteiger partial charge in [0.1, 0.15) is 6.79 Å². The third kappa shape index (κ3) is 2.88. The summed E-state index contributed by atoms with van der Waals surface area (Å²) in [6.07, 6.45) is 0. The van der Waals surface area contributed by atoms with Gasteiger partial charge in [0.2, 0.25) is 0 Å². The van der Waals surface area contributed by atoms with Gasteiger partial charge in [-0.15, -0.1) is 0 Å². The lowest BCUT2D eigenvalue weighted by atomic mass is 9.77. The molecular formula is C16H23BO4. The van der Waals surface area contributed by atoms with Crippen molar-refractivity contribution in [3.8, 4) is 0 Å². The molecule has 114 valence electrons. The molecule has 2 aliphatic rings. The molecule has 0 unspecified atom stereocenters. The summed E-state index contributed by atoms with van der Waals surface area (Å²) in [5, 5.41) is 0. The van der Waals surface area contributed by atoms with Gasteiger partial charge in [-0.3, -0.25) is 0 Å². The van der Waals surface area contributed by atoms with Crippen LogP contribution in [0.1, 0.15) is 39.2 Å². The molecule has 0 radical (unpaired) electrons. The van der Waals surface area contributed by atoms with Gasteiger partial charge in [0, 0.05) is 5.92 Å². The van der Waals surface area contributed by atoms with E-state index < -0.39 is 0 Å². The minimum absolute atomic E-state index is 0.279. The second-order valence-corrected chi connectivity index (χ2v) is 6.81. The molecule has 21 heavy (non-hydrogen) atoms. The van der Waals surface area contributed by atoms with Crippen LogP contribution in [0.15, 0.2) is 24.3 Å². The van der Waals surface area contributed by atoms with Gasteiger partial charge in [-0.1, -0.05) is 24.3 Å². The summed E-state index contributed by atoms with van der Waals surface area (Å²) in [5.41, 5.74) is 1.63. The van der Waals surface area contributed by atoms with E-state index in [1.165, 1.54) is 5.56 Å². The molecule has 0 N–H and O–H groups in total. The van der Waals surface area contributed by atoms with Crippen LogP contribution < -0.4 is 5.46 Å². The van der Waals surface area contributed by atoms with E-state index in [4.69, 9.17) is 18.8 Å². The molecular weight excluding hydrogens is 267 g/mol. The van der Waals surface area contributed by atoms with Gasteiger partial charge in [0.15, 0.2) is 0 Å². The molecule has 0 aliphatic carbocycles. The average molecular weight is 290 g/mol. The molecule has 0 aromatic heterocycles. The standard InChI is InChI=1S/C16H23BO4/c1-15(2)16(3,4)21-17(20-15)14-7-5-6-12(8-14)13-9-18-11-19-10-13/h5-8,13H,9-11H2,1-4H3. The highest BCUT2D eigenvalue weighted by atomic mass is 16.7. The van der Waals surface area contributed by atoms with Gasteiger partial charge in [-0.2, -0.15) is 0 Å². The van der Waals surface area contributed by atoms with Crippen molar-refractivity contribution in [3.05, 3.63) is 29.8 Å². The molecule has 4 nitrogen and oxygen atoms in total. The summed E-state index contributed by atoms with van der Waals surface area (Å²) >= 11 is 0. The minimum atomic E-state index is -0.319. The third-order valence-electron chi connectivity index (χ3n) is 4.71. The smallest absolute Gasteiger partial charge is 0.399 e. The predicted molar refractivity (Wildman–Crippen MR) is 81.7 cm³/mol. The van der Waals surface area contributed by atoms with Crippen molar-refractivity contribution in [1.29, 1.82) is 0 Å². The predicted octanol–water partition coefficient (Wildman–Crippen LogP) is 2.07. The van der Waals surface area contributed by atoms with Crippen LogP contribution in [-0.4, -0.2) is 38.3 Å². The van der Waals surface area contributed by atoms with Gasteiger partial charge in [0.05, 0.1) is 24.4 Å². The normalized spacial score (nSPS) is 25.2. The largest absolute Gasteiger partial charge is 0.494 e. The molecule has 0 spiro atoms. The van der Waals surface area contributed by atoms with Crippen LogP contribution in [-0.2, 0) is 18.8 Å². The van der Waals surface area contributed by atoms with Crippen LogP contribution in [0.25, 0.3) is 0 Å². The lowest BCUT2D eigenvalue weighted by Gasteiger charge is -2.32. The van der Waals surface area contributed by atoms with Crippen molar-refractivity contribution in [1.82, 2.24) is 0 Å². The van der Waals surface area contributed by atoms with Crippen molar-refractivity contribution in [2.24, 2.45) is 0 Å². The zero-order valence-corrected chi connectivity index (χ0v) is 13.2. The van der Waals surface area contributed by atoms with Gasteiger partial charge in [0.25, 0.3) is 0 Å². The Hall–Kier alpha value is -0.875. The number of hydrogen-bond acceptors (Lipinski definition) is 4. The fourth-order valence-electron chi connectivity index (χ4n) is 2.62. The Balaban J connectivity index is 1.81. The first-order valence-corrected chi connectivity index (χ1v) is 7.50. The van der Waals surface area contributed by atoms with Gasteiger partial charge >= 0.3 is 7.12 Å². The maximum Gasteiger partial charge on any atom is 0.494 e. The molecule has 0 saturated carbocycles. The van der Waals surface area contributed by atoms with Crippen molar-refractivity contribution in [2.45, 2.75) is 44.8 Å².